The van der Waals surface area contributed by atoms with Crippen LogP contribution in [-0.2, 0) is 0 Å². The van der Waals surface area contributed by atoms with Crippen molar-refractivity contribution in [3.05, 3.63) is 36.7 Å². The van der Waals surface area contributed by atoms with E-state index >= 15 is 0 Å². The predicted octanol–water partition coefficient (Wildman–Crippen LogP) is 7.23. The second-order valence-corrected chi connectivity index (χ2v) is 7.65. The van der Waals surface area contributed by atoms with Crippen LogP contribution in [0.15, 0.2) is 36.7 Å². The zero-order valence-corrected chi connectivity index (χ0v) is 18.4. The van der Waals surface area contributed by atoms with Gasteiger partial charge in [-0.05, 0) is 37.1 Å². The van der Waals surface area contributed by atoms with Gasteiger partial charge in [-0.25, -0.2) is 9.97 Å². The second-order valence-electron chi connectivity index (χ2n) is 7.65. The van der Waals surface area contributed by atoms with Gasteiger partial charge in [0.1, 0.15) is 5.75 Å². The maximum absolute atomic E-state index is 5.84. The summed E-state index contributed by atoms with van der Waals surface area (Å²) in [6.07, 6.45) is 17.3. The molecule has 1 heterocycles. The van der Waals surface area contributed by atoms with E-state index in [0.29, 0.717) is 5.82 Å². The molecular formula is C25H38N2O2. The number of ether oxygens (including phenoxy) is 2. The van der Waals surface area contributed by atoms with Gasteiger partial charge in [-0.2, -0.15) is 0 Å². The standard InChI is InChI=1S/C25H38N2O2/c1-3-5-7-9-11-13-18-28-23-16-14-22(15-17-23)25-26-20-24(21-27-25)29-19-12-10-8-6-4-2/h14-17,20-21H,3-13,18-19H2,1-2H3. The fourth-order valence-corrected chi connectivity index (χ4v) is 3.21. The Kier molecular flexibility index (Phi) is 11.9. The van der Waals surface area contributed by atoms with Crippen LogP contribution in [0.25, 0.3) is 11.4 Å². The van der Waals surface area contributed by atoms with Crippen molar-refractivity contribution in [2.24, 2.45) is 0 Å². The van der Waals surface area contributed by atoms with E-state index < -0.39 is 0 Å². The highest BCUT2D eigenvalue weighted by molar-refractivity contribution is 5.56. The molecule has 0 N–H and O–H groups in total. The number of aromatic nitrogens is 2. The van der Waals surface area contributed by atoms with Crippen molar-refractivity contribution >= 4 is 0 Å². The zero-order chi connectivity index (χ0) is 20.6. The van der Waals surface area contributed by atoms with E-state index in [2.05, 4.69) is 23.8 Å². The van der Waals surface area contributed by atoms with Gasteiger partial charge in [0.15, 0.2) is 11.6 Å². The van der Waals surface area contributed by atoms with Crippen LogP contribution in [0.5, 0.6) is 11.5 Å². The van der Waals surface area contributed by atoms with Crippen molar-refractivity contribution in [3.63, 3.8) is 0 Å². The van der Waals surface area contributed by atoms with Gasteiger partial charge in [0.05, 0.1) is 25.6 Å². The molecule has 0 atom stereocenters. The Labute approximate surface area is 177 Å². The summed E-state index contributed by atoms with van der Waals surface area (Å²) in [6, 6.07) is 8.02. The number of benzene rings is 1. The normalized spacial score (nSPS) is 10.8. The van der Waals surface area contributed by atoms with Crippen molar-refractivity contribution in [2.45, 2.75) is 84.5 Å². The molecule has 0 aliphatic rings. The molecule has 0 saturated heterocycles. The van der Waals surface area contributed by atoms with E-state index in [-0.39, 0.29) is 0 Å². The predicted molar refractivity (Wildman–Crippen MR) is 121 cm³/mol. The Balaban J connectivity index is 1.68. The van der Waals surface area contributed by atoms with E-state index in [1.54, 1.807) is 12.4 Å². The molecule has 0 amide bonds. The third kappa shape index (κ3) is 9.78. The quantitative estimate of drug-likeness (QED) is 0.280. The van der Waals surface area contributed by atoms with E-state index in [1.165, 1.54) is 57.8 Å². The molecular weight excluding hydrogens is 360 g/mol. The minimum Gasteiger partial charge on any atom is -0.494 e. The Morgan fingerprint density at radius 2 is 1.07 bits per heavy atom. The van der Waals surface area contributed by atoms with Gasteiger partial charge >= 0.3 is 0 Å². The number of hydrogen-bond donors (Lipinski definition) is 0. The lowest BCUT2D eigenvalue weighted by Crippen LogP contribution is -1.99. The first kappa shape index (κ1) is 23.2. The molecule has 0 aliphatic carbocycles. The zero-order valence-electron chi connectivity index (χ0n) is 18.4. The molecule has 0 saturated carbocycles. The topological polar surface area (TPSA) is 44.2 Å². The summed E-state index contributed by atoms with van der Waals surface area (Å²) in [7, 11) is 0. The van der Waals surface area contributed by atoms with E-state index in [0.717, 1.165) is 43.1 Å². The fraction of sp³-hybridized carbons (Fsp3) is 0.600. The number of rotatable bonds is 16. The van der Waals surface area contributed by atoms with Gasteiger partial charge < -0.3 is 9.47 Å². The Bertz CT molecular complexity index is 641. The van der Waals surface area contributed by atoms with Gasteiger partial charge in [-0.3, -0.25) is 0 Å². The maximum atomic E-state index is 5.84. The summed E-state index contributed by atoms with van der Waals surface area (Å²) < 4.78 is 11.6. The first-order valence-corrected chi connectivity index (χ1v) is 11.5. The monoisotopic (exact) mass is 398 g/mol. The average molecular weight is 399 g/mol. The fourth-order valence-electron chi connectivity index (χ4n) is 3.21. The van der Waals surface area contributed by atoms with Gasteiger partial charge in [-0.1, -0.05) is 71.6 Å². The molecule has 4 nitrogen and oxygen atoms in total. The van der Waals surface area contributed by atoms with E-state index in [1.807, 2.05) is 24.3 Å². The Hall–Kier alpha value is -2.10. The number of unbranched alkanes of at least 4 members (excludes halogenated alkanes) is 9. The lowest BCUT2D eigenvalue weighted by Gasteiger charge is -2.08. The van der Waals surface area contributed by atoms with Gasteiger partial charge in [0.2, 0.25) is 0 Å². The first-order valence-electron chi connectivity index (χ1n) is 11.5. The average Bonchev–Trinajstić information content (AvgIpc) is 2.76. The largest absolute Gasteiger partial charge is 0.494 e. The highest BCUT2D eigenvalue weighted by Gasteiger charge is 2.03. The molecule has 0 fully saturated rings. The summed E-state index contributed by atoms with van der Waals surface area (Å²) in [5.74, 6) is 2.36. The summed E-state index contributed by atoms with van der Waals surface area (Å²) >= 11 is 0. The molecule has 29 heavy (non-hydrogen) atoms. The molecule has 4 heteroatoms. The van der Waals surface area contributed by atoms with Crippen molar-refractivity contribution in [1.29, 1.82) is 0 Å². The van der Waals surface area contributed by atoms with Crippen molar-refractivity contribution in [3.8, 4) is 22.9 Å². The lowest BCUT2D eigenvalue weighted by molar-refractivity contribution is 0.302. The number of hydrogen-bond acceptors (Lipinski definition) is 4. The van der Waals surface area contributed by atoms with Gasteiger partial charge in [0, 0.05) is 5.56 Å². The van der Waals surface area contributed by atoms with Crippen LogP contribution in [-0.4, -0.2) is 23.2 Å². The molecule has 0 unspecified atom stereocenters. The van der Waals surface area contributed by atoms with Crippen LogP contribution >= 0.6 is 0 Å². The smallest absolute Gasteiger partial charge is 0.159 e. The second kappa shape index (κ2) is 14.8. The van der Waals surface area contributed by atoms with Crippen LogP contribution < -0.4 is 9.47 Å². The lowest BCUT2D eigenvalue weighted by atomic mass is 10.1. The third-order valence-electron chi connectivity index (χ3n) is 5.02. The van der Waals surface area contributed by atoms with Crippen LogP contribution in [0.1, 0.15) is 84.5 Å². The number of nitrogens with zero attached hydrogens (tertiary/aromatic N) is 2. The molecule has 0 bridgehead atoms. The van der Waals surface area contributed by atoms with E-state index in [4.69, 9.17) is 9.47 Å². The van der Waals surface area contributed by atoms with Crippen LogP contribution in [0.3, 0.4) is 0 Å². The van der Waals surface area contributed by atoms with Crippen molar-refractivity contribution in [1.82, 2.24) is 9.97 Å². The minimum absolute atomic E-state index is 0.711. The SMILES string of the molecule is CCCCCCCCOc1ccc(-c2ncc(OCCCCCCC)cn2)cc1. The Morgan fingerprint density at radius 3 is 1.62 bits per heavy atom. The molecule has 0 radical (unpaired) electrons. The highest BCUT2D eigenvalue weighted by atomic mass is 16.5. The molecule has 1 aromatic heterocycles. The molecule has 0 spiro atoms. The summed E-state index contributed by atoms with van der Waals surface area (Å²) in [6.45, 7) is 5.99. The third-order valence-corrected chi connectivity index (χ3v) is 5.02. The van der Waals surface area contributed by atoms with Crippen LogP contribution in [0, 0.1) is 0 Å². The molecule has 2 aromatic rings. The van der Waals surface area contributed by atoms with Crippen molar-refractivity contribution < 1.29 is 9.47 Å². The van der Waals surface area contributed by atoms with Gasteiger partial charge in [0.25, 0.3) is 0 Å². The van der Waals surface area contributed by atoms with Crippen LogP contribution in [0.4, 0.5) is 0 Å². The molecule has 160 valence electrons. The van der Waals surface area contributed by atoms with Crippen molar-refractivity contribution in [2.75, 3.05) is 13.2 Å². The minimum atomic E-state index is 0.711. The summed E-state index contributed by atoms with van der Waals surface area (Å²) in [5, 5.41) is 0. The van der Waals surface area contributed by atoms with E-state index in [9.17, 15) is 0 Å². The Morgan fingerprint density at radius 1 is 0.586 bits per heavy atom. The molecule has 2 rings (SSSR count). The van der Waals surface area contributed by atoms with Crippen LogP contribution in [0.2, 0.25) is 0 Å². The maximum Gasteiger partial charge on any atom is 0.159 e. The summed E-state index contributed by atoms with van der Waals surface area (Å²) in [5.41, 5.74) is 0.989. The highest BCUT2D eigenvalue weighted by Crippen LogP contribution is 2.21. The first-order chi connectivity index (χ1) is 14.3. The summed E-state index contributed by atoms with van der Waals surface area (Å²) in [4.78, 5) is 8.88. The molecule has 0 aliphatic heterocycles. The molecule has 1 aromatic carbocycles. The van der Waals surface area contributed by atoms with Gasteiger partial charge in [-0.15, -0.1) is 0 Å².